The Bertz CT molecular complexity index is 2370. The van der Waals surface area contributed by atoms with Crippen LogP contribution < -0.4 is 26.0 Å². The lowest BCUT2D eigenvalue weighted by atomic mass is 9.72. The Balaban J connectivity index is 1.18. The third kappa shape index (κ3) is 5.75. The molecule has 1 aliphatic carbocycles. The number of benzene rings is 3. The lowest BCUT2D eigenvalue weighted by Crippen LogP contribution is -2.52. The molecule has 2 aromatic heterocycles. The molecule has 3 aromatic carbocycles. The van der Waals surface area contributed by atoms with Crippen molar-refractivity contribution in [3.63, 3.8) is 0 Å². The van der Waals surface area contributed by atoms with Crippen LogP contribution in [-0.4, -0.2) is 51.2 Å². The van der Waals surface area contributed by atoms with Gasteiger partial charge in [-0.15, -0.1) is 0 Å². The fraction of sp³-hybridized carbons (Fsp3) is 0.372. The number of aryl methyl sites for hydroxylation is 1. The minimum Gasteiger partial charge on any atom is -0.469 e. The summed E-state index contributed by atoms with van der Waals surface area (Å²) in [6, 6.07) is 19.8. The van der Waals surface area contributed by atoms with Crippen molar-refractivity contribution in [3.05, 3.63) is 118 Å². The maximum atomic E-state index is 14.2. The molecular weight excluding hydrogens is 713 g/mol. The van der Waals surface area contributed by atoms with Gasteiger partial charge >= 0.3 is 0 Å². The summed E-state index contributed by atoms with van der Waals surface area (Å²) in [5.74, 6) is -0.811. The Kier molecular flexibility index (Phi) is 8.72. The molecule has 4 aliphatic rings. The van der Waals surface area contributed by atoms with Gasteiger partial charge in [-0.2, -0.15) is 0 Å². The van der Waals surface area contributed by atoms with Gasteiger partial charge in [-0.3, -0.25) is 14.4 Å². The van der Waals surface area contributed by atoms with Crippen molar-refractivity contribution < 1.29 is 33.1 Å². The fourth-order valence-corrected chi connectivity index (χ4v) is 8.63. The van der Waals surface area contributed by atoms with Crippen molar-refractivity contribution in [1.29, 1.82) is 0 Å². The molecule has 2 unspecified atom stereocenters. The van der Waals surface area contributed by atoms with Crippen LogP contribution in [0.3, 0.4) is 0 Å². The number of para-hydroxylation sites is 1. The van der Waals surface area contributed by atoms with Gasteiger partial charge in [0.25, 0.3) is 5.91 Å². The van der Waals surface area contributed by atoms with Crippen molar-refractivity contribution in [2.45, 2.75) is 89.3 Å². The molecule has 13 nitrogen and oxygen atoms in total. The molecule has 5 aromatic rings. The molecule has 0 fully saturated rings. The lowest BCUT2D eigenvalue weighted by Gasteiger charge is -2.29. The third-order valence-corrected chi connectivity index (χ3v) is 11.6. The van der Waals surface area contributed by atoms with Crippen molar-refractivity contribution in [2.24, 2.45) is 11.8 Å². The van der Waals surface area contributed by atoms with E-state index in [0.717, 1.165) is 47.2 Å². The second-order valence-electron chi connectivity index (χ2n) is 15.9. The molecule has 288 valence electrons. The number of nitrogens with one attached hydrogen (secondary N) is 4. The Morgan fingerprint density at radius 2 is 1.75 bits per heavy atom. The number of anilines is 1. The summed E-state index contributed by atoms with van der Waals surface area (Å²) in [5, 5.41) is 23.2. The molecule has 0 saturated heterocycles. The highest BCUT2D eigenvalue weighted by Gasteiger charge is 2.61. The molecule has 56 heavy (non-hydrogen) atoms. The largest absolute Gasteiger partial charge is 0.469 e. The number of aliphatic hydroxyl groups excluding tert-OH is 1. The van der Waals surface area contributed by atoms with Crippen molar-refractivity contribution in [2.75, 3.05) is 5.32 Å². The van der Waals surface area contributed by atoms with E-state index < -0.39 is 41.6 Å². The first-order valence-electron chi connectivity index (χ1n) is 19.3. The van der Waals surface area contributed by atoms with E-state index in [0.29, 0.717) is 11.5 Å². The van der Waals surface area contributed by atoms with E-state index in [9.17, 15) is 19.5 Å². The van der Waals surface area contributed by atoms with E-state index in [-0.39, 0.29) is 53.4 Å². The highest BCUT2D eigenvalue weighted by molar-refractivity contribution is 5.93. The van der Waals surface area contributed by atoms with Crippen LogP contribution >= 0.6 is 0 Å². The number of fused-ring (bicyclic) bond motifs is 5. The number of rotatable bonds is 7. The van der Waals surface area contributed by atoms with Gasteiger partial charge < -0.3 is 39.9 Å². The van der Waals surface area contributed by atoms with E-state index in [1.54, 1.807) is 13.8 Å². The van der Waals surface area contributed by atoms with Gasteiger partial charge in [0.1, 0.15) is 35.6 Å². The first-order valence-corrected chi connectivity index (χ1v) is 19.3. The summed E-state index contributed by atoms with van der Waals surface area (Å²) in [4.78, 5) is 50.9. The fourth-order valence-electron chi connectivity index (χ4n) is 8.63. The van der Waals surface area contributed by atoms with Crippen molar-refractivity contribution in [1.82, 2.24) is 25.9 Å². The van der Waals surface area contributed by atoms with Crippen LogP contribution in [-0.2, 0) is 27.8 Å². The summed E-state index contributed by atoms with van der Waals surface area (Å²) in [5.41, 5.74) is 4.80. The van der Waals surface area contributed by atoms with E-state index in [1.807, 2.05) is 68.4 Å². The molecule has 4 bridgehead atoms. The molecule has 1 spiro atoms. The number of hydrogen-bond donors (Lipinski definition) is 5. The van der Waals surface area contributed by atoms with E-state index in [1.165, 1.54) is 11.8 Å². The SMILES string of the molecule is CC(C)[C@H](O)C(=O)N[C@H]1Cc2ccc3c(c2)C2(c4ccccc4NC2O3)c2oc(nc2-c2nc(C(=O)N[C@@H]3CCCc4ccccc43)co2)[C@H](C(C)C)NC1=O. The predicted molar refractivity (Wildman–Crippen MR) is 205 cm³/mol. The maximum Gasteiger partial charge on any atom is 0.273 e. The number of nitrogens with zero attached hydrogens (tertiary/aromatic N) is 2. The Hall–Kier alpha value is -5.95. The van der Waals surface area contributed by atoms with Crippen molar-refractivity contribution >= 4 is 23.4 Å². The summed E-state index contributed by atoms with van der Waals surface area (Å²) in [6.07, 6.45) is 2.25. The lowest BCUT2D eigenvalue weighted by molar-refractivity contribution is -0.135. The maximum absolute atomic E-state index is 14.2. The molecule has 0 saturated carbocycles. The molecular formula is C43H44N6O7. The Morgan fingerprint density at radius 1 is 0.946 bits per heavy atom. The van der Waals surface area contributed by atoms with E-state index in [2.05, 4.69) is 33.4 Å². The highest BCUT2D eigenvalue weighted by Crippen LogP contribution is 2.59. The summed E-state index contributed by atoms with van der Waals surface area (Å²) < 4.78 is 19.7. The van der Waals surface area contributed by atoms with Crippen LogP contribution in [0.2, 0.25) is 0 Å². The normalized spacial score (nSPS) is 23.7. The molecule has 9 rings (SSSR count). The number of ether oxygens (including phenoxy) is 1. The zero-order valence-electron chi connectivity index (χ0n) is 31.6. The van der Waals surface area contributed by atoms with Crippen LogP contribution in [0, 0.1) is 11.8 Å². The minimum atomic E-state index is -1.30. The number of amides is 3. The van der Waals surface area contributed by atoms with E-state index >= 15 is 0 Å². The Morgan fingerprint density at radius 3 is 2.57 bits per heavy atom. The van der Waals surface area contributed by atoms with Gasteiger partial charge in [0.15, 0.2) is 23.4 Å². The van der Waals surface area contributed by atoms with Crippen LogP contribution in [0.25, 0.3) is 11.6 Å². The molecule has 3 amide bonds. The average Bonchev–Trinajstić information content (AvgIpc) is 3.97. The number of aromatic nitrogens is 2. The monoisotopic (exact) mass is 756 g/mol. The van der Waals surface area contributed by atoms with Crippen LogP contribution in [0.5, 0.6) is 5.75 Å². The number of aliphatic hydroxyl groups is 1. The van der Waals surface area contributed by atoms with Gasteiger partial charge in [-0.1, -0.05) is 82.3 Å². The summed E-state index contributed by atoms with van der Waals surface area (Å²) in [6.45, 7) is 7.34. The van der Waals surface area contributed by atoms with Gasteiger partial charge in [0, 0.05) is 17.7 Å². The molecule has 5 N–H and O–H groups in total. The van der Waals surface area contributed by atoms with Crippen LogP contribution in [0.4, 0.5) is 5.69 Å². The second-order valence-corrected chi connectivity index (χ2v) is 15.9. The zero-order valence-corrected chi connectivity index (χ0v) is 31.6. The van der Waals surface area contributed by atoms with Crippen LogP contribution in [0.15, 0.2) is 81.8 Å². The zero-order chi connectivity index (χ0) is 38.9. The van der Waals surface area contributed by atoms with Gasteiger partial charge in [0.05, 0.1) is 6.04 Å². The first-order chi connectivity index (χ1) is 27.0. The smallest absolute Gasteiger partial charge is 0.273 e. The second kappa shape index (κ2) is 13.7. The highest BCUT2D eigenvalue weighted by atomic mass is 16.5. The topological polar surface area (TPSA) is 181 Å². The summed E-state index contributed by atoms with van der Waals surface area (Å²) >= 11 is 0. The van der Waals surface area contributed by atoms with Crippen LogP contribution in [0.1, 0.15) is 103 Å². The van der Waals surface area contributed by atoms with Crippen molar-refractivity contribution in [3.8, 4) is 17.3 Å². The van der Waals surface area contributed by atoms with Gasteiger partial charge in [-0.25, -0.2) is 9.97 Å². The Labute approximate surface area is 323 Å². The molecule has 5 heterocycles. The molecule has 0 radical (unpaired) electrons. The number of carbonyl (C=O) groups excluding carboxylic acids is 3. The van der Waals surface area contributed by atoms with Gasteiger partial charge in [0.2, 0.25) is 23.6 Å². The average molecular weight is 757 g/mol. The minimum absolute atomic E-state index is 0.0721. The number of carbonyl (C=O) groups is 3. The first kappa shape index (κ1) is 35.7. The summed E-state index contributed by atoms with van der Waals surface area (Å²) in [7, 11) is 0. The molecule has 13 heteroatoms. The predicted octanol–water partition coefficient (Wildman–Crippen LogP) is 5.49. The quantitative estimate of drug-likeness (QED) is 0.143. The van der Waals surface area contributed by atoms with E-state index in [4.69, 9.17) is 23.5 Å². The van der Waals surface area contributed by atoms with Gasteiger partial charge in [-0.05, 0) is 65.5 Å². The standard InChI is InChI=1S/C43H44N6O7/c1-21(2)33-41-49-34(40-46-31(20-54-40)38(52)44-28-15-9-11-24-10-5-6-12-25(24)28)36(56-41)43-26-13-7-8-14-29(26)47-42(43)55-32-17-16-23(18-27(32)43)19-30(37(51)48-33)45-39(53)35(50)22(3)4/h5-8,10,12-14,16-18,20-22,28,30,33,35,42,47,50H,9,11,15,19H2,1-4H3,(H,44,52)(H,45,53)(H,48,51)/t28-,30+,33+,35+,42?,43?/m1/s1. The number of hydrogen-bond acceptors (Lipinski definition) is 10. The third-order valence-electron chi connectivity index (χ3n) is 11.6. The number of oxazole rings is 2. The molecule has 3 aliphatic heterocycles. The molecule has 6 atom stereocenters.